The van der Waals surface area contributed by atoms with E-state index in [1.165, 1.54) is 6.07 Å². The Morgan fingerprint density at radius 1 is 1.33 bits per heavy atom. The van der Waals surface area contributed by atoms with Gasteiger partial charge in [0.05, 0.1) is 4.92 Å². The molecule has 0 aliphatic heterocycles. The van der Waals surface area contributed by atoms with Gasteiger partial charge < -0.3 is 5.32 Å². The first-order valence-corrected chi connectivity index (χ1v) is 7.56. The summed E-state index contributed by atoms with van der Waals surface area (Å²) in [5, 5.41) is 14.9. The molecule has 6 heteroatoms. The third kappa shape index (κ3) is 4.27. The minimum absolute atomic E-state index is 0.0525. The standard InChI is InChI=1S/C15H14BrClN2O2/c1-10(14-4-2-3-5-15(14)17)18-9-11-6-12(16)8-13(7-11)19(20)21/h2-8,10,18H,9H2,1H3/t10-/m0/s1. The average molecular weight is 370 g/mol. The lowest BCUT2D eigenvalue weighted by atomic mass is 10.1. The zero-order valence-corrected chi connectivity index (χ0v) is 13.7. The van der Waals surface area contributed by atoms with E-state index < -0.39 is 4.92 Å². The van der Waals surface area contributed by atoms with Crippen LogP contribution in [0, 0.1) is 10.1 Å². The van der Waals surface area contributed by atoms with Crippen LogP contribution in [0.4, 0.5) is 5.69 Å². The Morgan fingerprint density at radius 2 is 2.05 bits per heavy atom. The monoisotopic (exact) mass is 368 g/mol. The van der Waals surface area contributed by atoms with E-state index in [0.29, 0.717) is 16.0 Å². The van der Waals surface area contributed by atoms with Crippen LogP contribution in [0.1, 0.15) is 24.1 Å². The van der Waals surface area contributed by atoms with E-state index in [1.807, 2.05) is 37.3 Å². The van der Waals surface area contributed by atoms with Gasteiger partial charge in [0.15, 0.2) is 0 Å². The van der Waals surface area contributed by atoms with E-state index in [-0.39, 0.29) is 11.7 Å². The summed E-state index contributed by atoms with van der Waals surface area (Å²) in [5.74, 6) is 0. The van der Waals surface area contributed by atoms with Crippen LogP contribution in [0.15, 0.2) is 46.9 Å². The molecule has 0 saturated heterocycles. The highest BCUT2D eigenvalue weighted by molar-refractivity contribution is 9.10. The van der Waals surface area contributed by atoms with Crippen LogP contribution in [0.2, 0.25) is 5.02 Å². The highest BCUT2D eigenvalue weighted by Crippen LogP contribution is 2.24. The minimum Gasteiger partial charge on any atom is -0.306 e. The SMILES string of the molecule is C[C@H](NCc1cc(Br)cc([N+](=O)[O-])c1)c1ccccc1Cl. The maximum Gasteiger partial charge on any atom is 0.270 e. The molecule has 0 heterocycles. The Bertz CT molecular complexity index is 664. The lowest BCUT2D eigenvalue weighted by Crippen LogP contribution is -2.18. The van der Waals surface area contributed by atoms with Gasteiger partial charge in [0, 0.05) is 34.2 Å². The summed E-state index contributed by atoms with van der Waals surface area (Å²) in [7, 11) is 0. The zero-order valence-electron chi connectivity index (χ0n) is 11.3. The molecule has 0 amide bonds. The molecule has 21 heavy (non-hydrogen) atoms. The number of nitrogens with zero attached hydrogens (tertiary/aromatic N) is 1. The van der Waals surface area contributed by atoms with E-state index in [1.54, 1.807) is 6.07 Å². The minimum atomic E-state index is -0.397. The average Bonchev–Trinajstić information content (AvgIpc) is 2.44. The lowest BCUT2D eigenvalue weighted by molar-refractivity contribution is -0.385. The Labute approximate surface area is 136 Å². The normalized spacial score (nSPS) is 12.1. The topological polar surface area (TPSA) is 55.2 Å². The maximum atomic E-state index is 10.9. The van der Waals surface area contributed by atoms with Crippen molar-refractivity contribution >= 4 is 33.2 Å². The Hall–Kier alpha value is -1.43. The van der Waals surface area contributed by atoms with E-state index >= 15 is 0 Å². The van der Waals surface area contributed by atoms with Crippen molar-refractivity contribution in [2.24, 2.45) is 0 Å². The molecule has 0 saturated carbocycles. The van der Waals surface area contributed by atoms with Crippen molar-refractivity contribution in [2.45, 2.75) is 19.5 Å². The molecule has 0 aliphatic carbocycles. The summed E-state index contributed by atoms with van der Waals surface area (Å²) < 4.78 is 0.693. The van der Waals surface area contributed by atoms with Crippen molar-refractivity contribution in [1.82, 2.24) is 5.32 Å². The third-order valence-corrected chi connectivity index (χ3v) is 3.94. The quantitative estimate of drug-likeness (QED) is 0.605. The fourth-order valence-corrected chi connectivity index (χ4v) is 2.88. The second kappa shape index (κ2) is 7.02. The van der Waals surface area contributed by atoms with Crippen molar-refractivity contribution < 1.29 is 4.92 Å². The number of non-ortho nitro benzene ring substituents is 1. The van der Waals surface area contributed by atoms with Crippen molar-refractivity contribution in [3.63, 3.8) is 0 Å². The van der Waals surface area contributed by atoms with Crippen molar-refractivity contribution in [1.29, 1.82) is 0 Å². The van der Waals surface area contributed by atoms with Gasteiger partial charge in [0.2, 0.25) is 0 Å². The Balaban J connectivity index is 2.09. The second-order valence-electron chi connectivity index (χ2n) is 4.70. The summed E-state index contributed by atoms with van der Waals surface area (Å²) in [5.41, 5.74) is 1.92. The predicted molar refractivity (Wildman–Crippen MR) is 87.5 cm³/mol. The van der Waals surface area contributed by atoms with Crippen LogP contribution in [0.25, 0.3) is 0 Å². The number of benzene rings is 2. The number of hydrogen-bond acceptors (Lipinski definition) is 3. The van der Waals surface area contributed by atoms with Gasteiger partial charge >= 0.3 is 0 Å². The molecule has 2 aromatic rings. The number of nitro benzene ring substituents is 1. The number of rotatable bonds is 5. The molecule has 1 N–H and O–H groups in total. The predicted octanol–water partition coefficient (Wildman–Crippen LogP) is 4.86. The first-order chi connectivity index (χ1) is 9.97. The highest BCUT2D eigenvalue weighted by Gasteiger charge is 2.11. The lowest BCUT2D eigenvalue weighted by Gasteiger charge is -2.15. The van der Waals surface area contributed by atoms with Gasteiger partial charge in [-0.25, -0.2) is 0 Å². The molecule has 0 radical (unpaired) electrons. The number of halogens is 2. The largest absolute Gasteiger partial charge is 0.306 e. The molecule has 110 valence electrons. The first-order valence-electron chi connectivity index (χ1n) is 6.39. The molecule has 0 bridgehead atoms. The van der Waals surface area contributed by atoms with Crippen molar-refractivity contribution in [2.75, 3.05) is 0 Å². The molecule has 0 spiro atoms. The van der Waals surface area contributed by atoms with Gasteiger partial charge in [-0.3, -0.25) is 10.1 Å². The van der Waals surface area contributed by atoms with Gasteiger partial charge in [-0.15, -0.1) is 0 Å². The fourth-order valence-electron chi connectivity index (χ4n) is 2.05. The molecule has 0 aliphatic rings. The summed E-state index contributed by atoms with van der Waals surface area (Å²) in [6.45, 7) is 2.53. The summed E-state index contributed by atoms with van der Waals surface area (Å²) >= 11 is 9.45. The highest BCUT2D eigenvalue weighted by atomic mass is 79.9. The van der Waals surface area contributed by atoms with Crippen LogP contribution in [-0.4, -0.2) is 4.92 Å². The van der Waals surface area contributed by atoms with Gasteiger partial charge in [0.25, 0.3) is 5.69 Å². The van der Waals surface area contributed by atoms with Gasteiger partial charge in [0.1, 0.15) is 0 Å². The number of nitrogens with one attached hydrogen (secondary N) is 1. The van der Waals surface area contributed by atoms with Crippen LogP contribution in [0.3, 0.4) is 0 Å². The van der Waals surface area contributed by atoms with E-state index in [9.17, 15) is 10.1 Å². The third-order valence-electron chi connectivity index (χ3n) is 3.14. The fraction of sp³-hybridized carbons (Fsp3) is 0.200. The molecule has 0 fully saturated rings. The summed E-state index contributed by atoms with van der Waals surface area (Å²) in [6.07, 6.45) is 0. The van der Waals surface area contributed by atoms with Gasteiger partial charge in [-0.1, -0.05) is 45.7 Å². The molecule has 4 nitrogen and oxygen atoms in total. The van der Waals surface area contributed by atoms with E-state index in [4.69, 9.17) is 11.6 Å². The number of nitro groups is 1. The molecule has 0 unspecified atom stereocenters. The number of hydrogen-bond donors (Lipinski definition) is 1. The molecule has 1 atom stereocenters. The van der Waals surface area contributed by atoms with Crippen LogP contribution < -0.4 is 5.32 Å². The van der Waals surface area contributed by atoms with Gasteiger partial charge in [-0.05, 0) is 30.2 Å². The summed E-state index contributed by atoms with van der Waals surface area (Å²) in [4.78, 5) is 10.5. The van der Waals surface area contributed by atoms with Gasteiger partial charge in [-0.2, -0.15) is 0 Å². The van der Waals surface area contributed by atoms with Crippen LogP contribution >= 0.6 is 27.5 Å². The first kappa shape index (κ1) is 15.9. The molecular weight excluding hydrogens is 356 g/mol. The van der Waals surface area contributed by atoms with Crippen LogP contribution in [-0.2, 0) is 6.54 Å². The van der Waals surface area contributed by atoms with E-state index in [2.05, 4.69) is 21.2 Å². The van der Waals surface area contributed by atoms with Crippen molar-refractivity contribution in [3.8, 4) is 0 Å². The summed E-state index contributed by atoms with van der Waals surface area (Å²) in [6, 6.07) is 12.6. The molecular formula is C15H14BrClN2O2. The smallest absolute Gasteiger partial charge is 0.270 e. The maximum absolute atomic E-state index is 10.9. The molecule has 2 rings (SSSR count). The molecule has 0 aromatic heterocycles. The van der Waals surface area contributed by atoms with E-state index in [0.717, 1.165) is 11.1 Å². The second-order valence-corrected chi connectivity index (χ2v) is 6.02. The van der Waals surface area contributed by atoms with Crippen LogP contribution in [0.5, 0.6) is 0 Å². The Morgan fingerprint density at radius 3 is 2.71 bits per heavy atom. The zero-order chi connectivity index (χ0) is 15.4. The van der Waals surface area contributed by atoms with Crippen molar-refractivity contribution in [3.05, 3.63) is 73.2 Å². The molecule has 2 aromatic carbocycles. The Kier molecular flexibility index (Phi) is 5.33.